The average Bonchev–Trinajstić information content (AvgIpc) is 3.44. The van der Waals surface area contributed by atoms with Gasteiger partial charge in [0.2, 0.25) is 0 Å². The molecule has 0 radical (unpaired) electrons. The number of nitriles is 1. The predicted octanol–water partition coefficient (Wildman–Crippen LogP) is 4.04. The van der Waals surface area contributed by atoms with Crippen molar-refractivity contribution in [1.82, 2.24) is 9.88 Å². The molecule has 32 heavy (non-hydrogen) atoms. The van der Waals surface area contributed by atoms with Gasteiger partial charge in [0.05, 0.1) is 29.3 Å². The van der Waals surface area contributed by atoms with Crippen molar-refractivity contribution in [3.63, 3.8) is 0 Å². The van der Waals surface area contributed by atoms with Crippen LogP contribution in [0.5, 0.6) is 0 Å². The molecule has 0 N–H and O–H groups in total. The van der Waals surface area contributed by atoms with Crippen LogP contribution in [-0.2, 0) is 10.9 Å². The van der Waals surface area contributed by atoms with Gasteiger partial charge in [-0.1, -0.05) is 0 Å². The molecule has 0 unspecified atom stereocenters. The molecule has 4 rings (SSSR count). The number of nitrogens with zero attached hydrogens (tertiary/aromatic N) is 4. The number of amides is 1. The van der Waals surface area contributed by atoms with Crippen molar-refractivity contribution in [3.8, 4) is 6.07 Å². The molecule has 2 aliphatic rings. The Labute approximate surface area is 188 Å². The normalized spacial score (nSPS) is 23.2. The van der Waals surface area contributed by atoms with E-state index in [4.69, 9.17) is 10.00 Å². The van der Waals surface area contributed by atoms with E-state index in [1.807, 2.05) is 11.8 Å². The fourth-order valence-corrected chi connectivity index (χ4v) is 5.28. The summed E-state index contributed by atoms with van der Waals surface area (Å²) < 4.78 is 46.1. The van der Waals surface area contributed by atoms with Crippen molar-refractivity contribution < 1.29 is 22.7 Å². The Morgan fingerprint density at radius 1 is 1.41 bits per heavy atom. The third-order valence-electron chi connectivity index (χ3n) is 6.46. The zero-order chi connectivity index (χ0) is 22.9. The smallest absolute Gasteiger partial charge is 0.381 e. The summed E-state index contributed by atoms with van der Waals surface area (Å²) in [5.74, 6) is -0.0730. The van der Waals surface area contributed by atoms with Gasteiger partial charge in [0.15, 0.2) is 0 Å². The maximum atomic E-state index is 13.4. The summed E-state index contributed by atoms with van der Waals surface area (Å²) in [4.78, 5) is 20.7. The third-order valence-corrected chi connectivity index (χ3v) is 7.05. The standard InChI is InChI=1S/C22H23F3N4O2S/c1-2-31-13-21-5-6-28(17-4-3-15(8-26)18(7-17)22(23,24)25)9-16(21)10-29(12-21)20(30)19-11-32-14-27-19/h3-4,7,11,14,16H,2,5-6,9-10,12-13H2,1H3/t16-,21+/m1/s1. The summed E-state index contributed by atoms with van der Waals surface area (Å²) >= 11 is 1.36. The highest BCUT2D eigenvalue weighted by molar-refractivity contribution is 7.07. The number of halogens is 3. The lowest BCUT2D eigenvalue weighted by atomic mass is 9.73. The highest BCUT2D eigenvalue weighted by Crippen LogP contribution is 2.45. The number of hydrogen-bond donors (Lipinski definition) is 0. The topological polar surface area (TPSA) is 69.5 Å². The van der Waals surface area contributed by atoms with Gasteiger partial charge >= 0.3 is 6.18 Å². The van der Waals surface area contributed by atoms with Gasteiger partial charge in [-0.3, -0.25) is 4.79 Å². The van der Waals surface area contributed by atoms with Crippen LogP contribution in [0.2, 0.25) is 0 Å². The zero-order valence-electron chi connectivity index (χ0n) is 17.6. The number of benzene rings is 1. The minimum absolute atomic E-state index is 0.0513. The number of alkyl halides is 3. The first kappa shape index (κ1) is 22.6. The van der Waals surface area contributed by atoms with Crippen LogP contribution in [-0.4, -0.2) is 55.2 Å². The van der Waals surface area contributed by atoms with Crippen molar-refractivity contribution in [2.24, 2.45) is 11.3 Å². The van der Waals surface area contributed by atoms with Crippen LogP contribution in [0.25, 0.3) is 0 Å². The maximum Gasteiger partial charge on any atom is 0.417 e. The lowest BCUT2D eigenvalue weighted by Gasteiger charge is -2.44. The van der Waals surface area contributed by atoms with E-state index in [-0.39, 0.29) is 22.8 Å². The van der Waals surface area contributed by atoms with Crippen molar-refractivity contribution >= 4 is 22.9 Å². The van der Waals surface area contributed by atoms with Gasteiger partial charge in [-0.15, -0.1) is 11.3 Å². The number of thiazole rings is 1. The fraction of sp³-hybridized carbons (Fsp3) is 0.500. The van der Waals surface area contributed by atoms with E-state index in [2.05, 4.69) is 4.98 Å². The Morgan fingerprint density at radius 3 is 2.88 bits per heavy atom. The first-order valence-electron chi connectivity index (χ1n) is 10.4. The second-order valence-corrected chi connectivity index (χ2v) is 9.01. The number of likely N-dealkylation sites (tertiary alicyclic amines) is 1. The molecule has 6 nitrogen and oxygen atoms in total. The number of ether oxygens (including phenoxy) is 1. The minimum atomic E-state index is -4.60. The van der Waals surface area contributed by atoms with E-state index in [0.717, 1.165) is 6.07 Å². The number of anilines is 1. The van der Waals surface area contributed by atoms with E-state index < -0.39 is 11.7 Å². The van der Waals surface area contributed by atoms with Gasteiger partial charge in [0.1, 0.15) is 5.69 Å². The first-order valence-corrected chi connectivity index (χ1v) is 11.3. The van der Waals surface area contributed by atoms with Crippen LogP contribution >= 0.6 is 11.3 Å². The van der Waals surface area contributed by atoms with Crippen molar-refractivity contribution in [2.75, 3.05) is 44.3 Å². The van der Waals surface area contributed by atoms with Crippen LogP contribution < -0.4 is 4.90 Å². The highest BCUT2D eigenvalue weighted by Gasteiger charge is 2.51. The molecule has 3 heterocycles. The number of aromatic nitrogens is 1. The molecule has 2 aliphatic heterocycles. The lowest BCUT2D eigenvalue weighted by molar-refractivity contribution is -0.137. The van der Waals surface area contributed by atoms with Crippen molar-refractivity contribution in [2.45, 2.75) is 19.5 Å². The molecule has 1 amide bonds. The molecule has 2 aromatic rings. The summed E-state index contributed by atoms with van der Waals surface area (Å²) in [7, 11) is 0. The fourth-order valence-electron chi connectivity index (χ4n) is 4.75. The summed E-state index contributed by atoms with van der Waals surface area (Å²) in [6.07, 6.45) is -3.90. The molecule has 2 fully saturated rings. The number of carbonyl (C=O) groups excluding carboxylic acids is 1. The number of piperidine rings is 1. The molecule has 1 aromatic heterocycles. The molecular weight excluding hydrogens is 441 g/mol. The maximum absolute atomic E-state index is 13.4. The molecule has 0 bridgehead atoms. The van der Waals surface area contributed by atoms with E-state index in [1.165, 1.54) is 17.4 Å². The monoisotopic (exact) mass is 464 g/mol. The Kier molecular flexibility index (Phi) is 6.14. The van der Waals surface area contributed by atoms with Crippen LogP contribution in [0.15, 0.2) is 29.1 Å². The largest absolute Gasteiger partial charge is 0.417 e. The Hall–Kier alpha value is -2.64. The number of fused-ring (bicyclic) bond motifs is 1. The summed E-state index contributed by atoms with van der Waals surface area (Å²) in [6.45, 7) is 5.09. The second kappa shape index (κ2) is 8.71. The summed E-state index contributed by atoms with van der Waals surface area (Å²) in [5.41, 5.74) is 0.930. The van der Waals surface area contributed by atoms with Gasteiger partial charge in [-0.2, -0.15) is 18.4 Å². The number of rotatable bonds is 5. The third kappa shape index (κ3) is 4.19. The van der Waals surface area contributed by atoms with Crippen molar-refractivity contribution in [3.05, 3.63) is 45.9 Å². The quantitative estimate of drug-likeness (QED) is 0.668. The molecule has 2 atom stereocenters. The van der Waals surface area contributed by atoms with Gasteiger partial charge in [0.25, 0.3) is 5.91 Å². The lowest BCUT2D eigenvalue weighted by Crippen LogP contribution is -2.49. The van der Waals surface area contributed by atoms with E-state index in [0.29, 0.717) is 57.2 Å². The zero-order valence-corrected chi connectivity index (χ0v) is 18.4. The van der Waals surface area contributed by atoms with E-state index in [1.54, 1.807) is 27.9 Å². The molecule has 2 saturated heterocycles. The number of carbonyl (C=O) groups is 1. The molecule has 1 aromatic carbocycles. The van der Waals surface area contributed by atoms with Gasteiger partial charge < -0.3 is 14.5 Å². The van der Waals surface area contributed by atoms with Gasteiger partial charge in [0, 0.05) is 55.2 Å². The predicted molar refractivity (Wildman–Crippen MR) is 113 cm³/mol. The Balaban J connectivity index is 1.58. The first-order chi connectivity index (χ1) is 15.3. The molecule has 10 heteroatoms. The average molecular weight is 465 g/mol. The Bertz CT molecular complexity index is 1020. The van der Waals surface area contributed by atoms with E-state index >= 15 is 0 Å². The van der Waals surface area contributed by atoms with Gasteiger partial charge in [-0.25, -0.2) is 4.98 Å². The molecule has 0 aliphatic carbocycles. The molecule has 0 spiro atoms. The molecule has 0 saturated carbocycles. The highest BCUT2D eigenvalue weighted by atomic mass is 32.1. The van der Waals surface area contributed by atoms with Gasteiger partial charge in [-0.05, 0) is 31.5 Å². The SMILES string of the molecule is CCOC[C@@]12CCN(c3ccc(C#N)c(C(F)(F)F)c3)C[C@@H]1CN(C(=O)c1cscn1)C2. The summed E-state index contributed by atoms with van der Waals surface area (Å²) in [5, 5.41) is 10.8. The van der Waals surface area contributed by atoms with Crippen LogP contribution in [0.3, 0.4) is 0 Å². The van der Waals surface area contributed by atoms with Crippen LogP contribution in [0, 0.1) is 22.7 Å². The number of hydrogen-bond acceptors (Lipinski definition) is 6. The van der Waals surface area contributed by atoms with Crippen LogP contribution in [0.1, 0.15) is 35.0 Å². The van der Waals surface area contributed by atoms with Crippen LogP contribution in [0.4, 0.5) is 18.9 Å². The molecular formula is C22H23F3N4O2S. The van der Waals surface area contributed by atoms with E-state index in [9.17, 15) is 18.0 Å². The Morgan fingerprint density at radius 2 is 2.22 bits per heavy atom. The summed E-state index contributed by atoms with van der Waals surface area (Å²) in [6, 6.07) is 5.48. The molecule has 170 valence electrons. The minimum Gasteiger partial charge on any atom is -0.381 e. The van der Waals surface area contributed by atoms with Crippen molar-refractivity contribution in [1.29, 1.82) is 5.26 Å². The second-order valence-electron chi connectivity index (χ2n) is 8.29.